The first-order valence-electron chi connectivity index (χ1n) is 7.91. The molecular formula is C16H30N2. The maximum absolute atomic E-state index is 6.12. The zero-order chi connectivity index (χ0) is 12.8. The average Bonchev–Trinajstić information content (AvgIpc) is 2.80. The maximum atomic E-state index is 6.12. The van der Waals surface area contributed by atoms with E-state index in [-0.39, 0.29) is 5.54 Å². The predicted octanol–water partition coefficient (Wildman–Crippen LogP) is 3.37. The van der Waals surface area contributed by atoms with Gasteiger partial charge in [-0.25, -0.2) is 0 Å². The fourth-order valence-corrected chi connectivity index (χ4v) is 3.75. The molecule has 1 saturated carbocycles. The van der Waals surface area contributed by atoms with Crippen LogP contribution in [0.1, 0.15) is 64.7 Å². The standard InChI is InChI=1S/C16H30N2/c1-2-6-14-7-5-11-16(13-17,12-10-14)18-15-8-3-4-9-15/h3-4,14-15,18H,2,5-13,17H2,1H3. The second kappa shape index (κ2) is 6.72. The van der Waals surface area contributed by atoms with Crippen LogP contribution >= 0.6 is 0 Å². The first kappa shape index (κ1) is 14.1. The molecule has 2 heteroatoms. The third-order valence-corrected chi connectivity index (χ3v) is 4.90. The highest BCUT2D eigenvalue weighted by atomic mass is 15.0. The number of hydrogen-bond acceptors (Lipinski definition) is 2. The van der Waals surface area contributed by atoms with Gasteiger partial charge in [0.1, 0.15) is 0 Å². The monoisotopic (exact) mass is 250 g/mol. The van der Waals surface area contributed by atoms with E-state index in [4.69, 9.17) is 5.73 Å². The highest BCUT2D eigenvalue weighted by Crippen LogP contribution is 2.33. The van der Waals surface area contributed by atoms with Crippen molar-refractivity contribution >= 4 is 0 Å². The van der Waals surface area contributed by atoms with Gasteiger partial charge in [-0.3, -0.25) is 0 Å². The molecule has 0 saturated heterocycles. The number of nitrogens with one attached hydrogen (secondary N) is 1. The van der Waals surface area contributed by atoms with E-state index in [2.05, 4.69) is 24.4 Å². The molecule has 0 bridgehead atoms. The van der Waals surface area contributed by atoms with E-state index in [1.165, 1.54) is 57.8 Å². The SMILES string of the molecule is CCCC1CCCC(CN)(NC2CC=CC2)CC1. The van der Waals surface area contributed by atoms with E-state index >= 15 is 0 Å². The summed E-state index contributed by atoms with van der Waals surface area (Å²) in [6.45, 7) is 3.12. The molecule has 3 N–H and O–H groups in total. The molecule has 1 fully saturated rings. The second-order valence-electron chi connectivity index (χ2n) is 6.35. The first-order valence-corrected chi connectivity index (χ1v) is 7.91. The lowest BCUT2D eigenvalue weighted by Gasteiger charge is -2.36. The molecule has 18 heavy (non-hydrogen) atoms. The molecule has 0 aromatic rings. The molecule has 104 valence electrons. The molecule has 0 spiro atoms. The molecule has 0 aliphatic heterocycles. The summed E-state index contributed by atoms with van der Waals surface area (Å²) in [6.07, 6.45) is 16.4. The Labute approximate surface area is 112 Å². The van der Waals surface area contributed by atoms with Gasteiger partial charge in [0.05, 0.1) is 0 Å². The van der Waals surface area contributed by atoms with Crippen molar-refractivity contribution in [2.45, 2.75) is 76.3 Å². The van der Waals surface area contributed by atoms with E-state index in [0.717, 1.165) is 12.5 Å². The minimum Gasteiger partial charge on any atom is -0.329 e. The van der Waals surface area contributed by atoms with E-state index in [0.29, 0.717) is 6.04 Å². The Morgan fingerprint density at radius 3 is 2.67 bits per heavy atom. The number of rotatable bonds is 5. The molecule has 2 unspecified atom stereocenters. The van der Waals surface area contributed by atoms with Crippen LogP contribution in [0, 0.1) is 5.92 Å². The molecule has 0 heterocycles. The minimum absolute atomic E-state index is 0.235. The normalized spacial score (nSPS) is 33.8. The molecule has 0 aromatic heterocycles. The zero-order valence-corrected chi connectivity index (χ0v) is 12.0. The van der Waals surface area contributed by atoms with E-state index in [9.17, 15) is 0 Å². The Morgan fingerprint density at radius 1 is 1.22 bits per heavy atom. The summed E-state index contributed by atoms with van der Waals surface area (Å²) in [6, 6.07) is 0.649. The Bertz CT molecular complexity index is 266. The van der Waals surface area contributed by atoms with Gasteiger partial charge in [-0.2, -0.15) is 0 Å². The van der Waals surface area contributed by atoms with E-state index < -0.39 is 0 Å². The molecule has 0 radical (unpaired) electrons. The third-order valence-electron chi connectivity index (χ3n) is 4.90. The molecule has 2 aliphatic rings. The number of nitrogens with two attached hydrogens (primary N) is 1. The maximum Gasteiger partial charge on any atom is 0.0306 e. The van der Waals surface area contributed by atoms with Crippen LogP contribution < -0.4 is 11.1 Å². The lowest BCUT2D eigenvalue weighted by atomic mass is 9.88. The van der Waals surface area contributed by atoms with Crippen molar-refractivity contribution in [2.75, 3.05) is 6.54 Å². The quantitative estimate of drug-likeness (QED) is 0.580. The smallest absolute Gasteiger partial charge is 0.0306 e. The summed E-state index contributed by atoms with van der Waals surface area (Å²) in [4.78, 5) is 0. The summed E-state index contributed by atoms with van der Waals surface area (Å²) >= 11 is 0. The zero-order valence-electron chi connectivity index (χ0n) is 12.0. The van der Waals surface area contributed by atoms with Crippen molar-refractivity contribution in [1.82, 2.24) is 5.32 Å². The van der Waals surface area contributed by atoms with E-state index in [1.807, 2.05) is 0 Å². The fourth-order valence-electron chi connectivity index (χ4n) is 3.75. The van der Waals surface area contributed by atoms with Crippen LogP contribution in [0.3, 0.4) is 0 Å². The van der Waals surface area contributed by atoms with Crippen molar-refractivity contribution in [1.29, 1.82) is 0 Å². The van der Waals surface area contributed by atoms with Gasteiger partial charge in [-0.1, -0.05) is 44.8 Å². The van der Waals surface area contributed by atoms with Gasteiger partial charge in [0.2, 0.25) is 0 Å². The summed E-state index contributed by atoms with van der Waals surface area (Å²) in [7, 11) is 0. The van der Waals surface area contributed by atoms with Crippen molar-refractivity contribution in [2.24, 2.45) is 11.7 Å². The molecule has 2 aliphatic carbocycles. The van der Waals surface area contributed by atoms with Gasteiger partial charge in [-0.05, 0) is 38.0 Å². The van der Waals surface area contributed by atoms with Gasteiger partial charge in [0.15, 0.2) is 0 Å². The van der Waals surface area contributed by atoms with Crippen LogP contribution in [0.5, 0.6) is 0 Å². The van der Waals surface area contributed by atoms with Crippen molar-refractivity contribution in [3.8, 4) is 0 Å². The van der Waals surface area contributed by atoms with Gasteiger partial charge in [0, 0.05) is 18.1 Å². The molecule has 2 atom stereocenters. The highest BCUT2D eigenvalue weighted by Gasteiger charge is 2.33. The van der Waals surface area contributed by atoms with Crippen LogP contribution in [0.25, 0.3) is 0 Å². The second-order valence-corrected chi connectivity index (χ2v) is 6.35. The largest absolute Gasteiger partial charge is 0.329 e. The van der Waals surface area contributed by atoms with Crippen LogP contribution in [0.2, 0.25) is 0 Å². The lowest BCUT2D eigenvalue weighted by molar-refractivity contribution is 0.257. The van der Waals surface area contributed by atoms with Crippen molar-refractivity contribution in [3.05, 3.63) is 12.2 Å². The highest BCUT2D eigenvalue weighted by molar-refractivity contribution is 5.02. The van der Waals surface area contributed by atoms with Crippen molar-refractivity contribution in [3.63, 3.8) is 0 Å². The van der Waals surface area contributed by atoms with Crippen LogP contribution in [0.4, 0.5) is 0 Å². The van der Waals surface area contributed by atoms with Gasteiger partial charge in [-0.15, -0.1) is 0 Å². The topological polar surface area (TPSA) is 38.0 Å². The molecule has 0 amide bonds. The summed E-state index contributed by atoms with van der Waals surface area (Å²) in [5, 5.41) is 3.90. The van der Waals surface area contributed by atoms with Crippen molar-refractivity contribution < 1.29 is 0 Å². The lowest BCUT2D eigenvalue weighted by Crippen LogP contribution is -2.54. The van der Waals surface area contributed by atoms with Crippen LogP contribution in [-0.4, -0.2) is 18.1 Å². The Morgan fingerprint density at radius 2 is 2.00 bits per heavy atom. The van der Waals surface area contributed by atoms with Gasteiger partial charge in [0.25, 0.3) is 0 Å². The summed E-state index contributed by atoms with van der Waals surface area (Å²) < 4.78 is 0. The fraction of sp³-hybridized carbons (Fsp3) is 0.875. The molecular weight excluding hydrogens is 220 g/mol. The summed E-state index contributed by atoms with van der Waals surface area (Å²) in [5.41, 5.74) is 6.36. The van der Waals surface area contributed by atoms with Crippen LogP contribution in [0.15, 0.2) is 12.2 Å². The summed E-state index contributed by atoms with van der Waals surface area (Å²) in [5.74, 6) is 0.951. The first-order chi connectivity index (χ1) is 8.78. The van der Waals surface area contributed by atoms with E-state index in [1.54, 1.807) is 0 Å². The molecule has 2 nitrogen and oxygen atoms in total. The average molecular weight is 250 g/mol. The van der Waals surface area contributed by atoms with Gasteiger partial charge < -0.3 is 11.1 Å². The minimum atomic E-state index is 0.235. The Hall–Kier alpha value is -0.340. The Kier molecular flexibility index (Phi) is 5.25. The molecule has 0 aromatic carbocycles. The van der Waals surface area contributed by atoms with Crippen LogP contribution in [-0.2, 0) is 0 Å². The third kappa shape index (κ3) is 3.58. The predicted molar refractivity (Wildman–Crippen MR) is 78.6 cm³/mol. The Balaban J connectivity index is 1.90. The number of hydrogen-bond donors (Lipinski definition) is 2. The van der Waals surface area contributed by atoms with Gasteiger partial charge >= 0.3 is 0 Å². The molecule has 2 rings (SSSR count).